The van der Waals surface area contributed by atoms with Crippen LogP contribution in [0, 0.1) is 5.92 Å². The number of hydrogen-bond donors (Lipinski definition) is 1. The molecule has 1 rings (SSSR count). The van der Waals surface area contributed by atoms with Gasteiger partial charge in [-0.15, -0.1) is 0 Å². The summed E-state index contributed by atoms with van der Waals surface area (Å²) in [6.07, 6.45) is 0.108. The number of ether oxygens (including phenoxy) is 1. The van der Waals surface area contributed by atoms with Crippen molar-refractivity contribution in [1.82, 2.24) is 0 Å². The van der Waals surface area contributed by atoms with E-state index in [1.54, 1.807) is 6.92 Å². The van der Waals surface area contributed by atoms with Crippen LogP contribution in [0.2, 0.25) is 0 Å². The average molecular weight is 130 g/mol. The lowest BCUT2D eigenvalue weighted by atomic mass is 10.0. The van der Waals surface area contributed by atoms with Gasteiger partial charge in [0.2, 0.25) is 0 Å². The van der Waals surface area contributed by atoms with Gasteiger partial charge in [0.25, 0.3) is 0 Å². The lowest BCUT2D eigenvalue weighted by Crippen LogP contribution is -2.20. The molecule has 9 heavy (non-hydrogen) atoms. The van der Waals surface area contributed by atoms with E-state index in [-0.39, 0.29) is 11.9 Å². The van der Waals surface area contributed by atoms with Crippen LogP contribution in [0.25, 0.3) is 0 Å². The Bertz CT molecular complexity index is 119. The van der Waals surface area contributed by atoms with E-state index in [4.69, 9.17) is 5.11 Å². The first-order valence-corrected chi connectivity index (χ1v) is 3.06. The minimum atomic E-state index is -0.556. The van der Waals surface area contributed by atoms with Crippen molar-refractivity contribution in [2.24, 2.45) is 5.92 Å². The van der Waals surface area contributed by atoms with Gasteiger partial charge in [0.1, 0.15) is 0 Å². The zero-order chi connectivity index (χ0) is 6.85. The van der Waals surface area contributed by atoms with Crippen LogP contribution in [0.15, 0.2) is 0 Å². The molecule has 0 aromatic carbocycles. The molecule has 0 aromatic heterocycles. The molecule has 0 aliphatic carbocycles. The predicted molar refractivity (Wildman–Crippen MR) is 30.7 cm³/mol. The van der Waals surface area contributed by atoms with Crippen LogP contribution in [-0.2, 0) is 9.53 Å². The Morgan fingerprint density at radius 3 is 2.78 bits per heavy atom. The zero-order valence-electron chi connectivity index (χ0n) is 5.33. The number of cyclic esters (lactones) is 1. The molecule has 3 heteroatoms. The fourth-order valence-corrected chi connectivity index (χ4v) is 0.950. The lowest BCUT2D eigenvalue weighted by Gasteiger charge is -2.06. The molecule has 0 saturated carbocycles. The van der Waals surface area contributed by atoms with Gasteiger partial charge in [-0.1, -0.05) is 0 Å². The van der Waals surface area contributed by atoms with E-state index in [0.717, 1.165) is 0 Å². The normalized spacial score (nSPS) is 30.0. The van der Waals surface area contributed by atoms with Crippen molar-refractivity contribution in [2.75, 3.05) is 6.61 Å². The van der Waals surface area contributed by atoms with E-state index < -0.39 is 6.10 Å². The van der Waals surface area contributed by atoms with E-state index in [0.29, 0.717) is 13.0 Å². The molecule has 1 heterocycles. The standard InChI is InChI=1S/C6H10O3/c1-4(7)5-2-3-9-6(5)8/h4-5,7H,2-3H2,1H3. The maximum Gasteiger partial charge on any atom is 0.311 e. The highest BCUT2D eigenvalue weighted by Gasteiger charge is 2.30. The molecule has 0 amide bonds. The van der Waals surface area contributed by atoms with Crippen LogP contribution in [0.4, 0.5) is 0 Å². The summed E-state index contributed by atoms with van der Waals surface area (Å²) in [5.74, 6) is -0.532. The average Bonchev–Trinajstić information content (AvgIpc) is 2.13. The third-order valence-electron chi connectivity index (χ3n) is 1.56. The number of esters is 1. The second-order valence-corrected chi connectivity index (χ2v) is 2.30. The highest BCUT2D eigenvalue weighted by Crippen LogP contribution is 2.17. The van der Waals surface area contributed by atoms with Crippen molar-refractivity contribution >= 4 is 5.97 Å². The van der Waals surface area contributed by atoms with Gasteiger partial charge in [0, 0.05) is 0 Å². The van der Waals surface area contributed by atoms with Crippen LogP contribution in [0.1, 0.15) is 13.3 Å². The molecule has 1 saturated heterocycles. The summed E-state index contributed by atoms with van der Waals surface area (Å²) in [6, 6.07) is 0. The highest BCUT2D eigenvalue weighted by molar-refractivity contribution is 5.74. The van der Waals surface area contributed by atoms with Crippen molar-refractivity contribution in [2.45, 2.75) is 19.4 Å². The van der Waals surface area contributed by atoms with Gasteiger partial charge < -0.3 is 9.84 Å². The van der Waals surface area contributed by atoms with Gasteiger partial charge in [-0.3, -0.25) is 4.79 Å². The van der Waals surface area contributed by atoms with Crippen molar-refractivity contribution < 1.29 is 14.6 Å². The number of carbonyl (C=O) groups is 1. The molecule has 0 spiro atoms. The molecule has 0 radical (unpaired) electrons. The molecule has 2 unspecified atom stereocenters. The maximum absolute atomic E-state index is 10.6. The van der Waals surface area contributed by atoms with Crippen molar-refractivity contribution in [3.05, 3.63) is 0 Å². The second-order valence-electron chi connectivity index (χ2n) is 2.30. The van der Waals surface area contributed by atoms with Crippen molar-refractivity contribution in [3.8, 4) is 0 Å². The third-order valence-corrected chi connectivity index (χ3v) is 1.56. The Morgan fingerprint density at radius 2 is 2.56 bits per heavy atom. The first-order valence-electron chi connectivity index (χ1n) is 3.06. The fraction of sp³-hybridized carbons (Fsp3) is 0.833. The third kappa shape index (κ3) is 1.21. The first-order chi connectivity index (χ1) is 4.22. The summed E-state index contributed by atoms with van der Waals surface area (Å²) in [5.41, 5.74) is 0. The van der Waals surface area contributed by atoms with Crippen LogP contribution >= 0.6 is 0 Å². The zero-order valence-corrected chi connectivity index (χ0v) is 5.33. The summed E-state index contributed by atoms with van der Waals surface area (Å²) in [5, 5.41) is 8.92. The number of carbonyl (C=O) groups excluding carboxylic acids is 1. The van der Waals surface area contributed by atoms with Crippen molar-refractivity contribution in [1.29, 1.82) is 0 Å². The van der Waals surface area contributed by atoms with E-state index in [2.05, 4.69) is 4.74 Å². The number of rotatable bonds is 1. The molecule has 1 aliphatic heterocycles. The van der Waals surface area contributed by atoms with E-state index >= 15 is 0 Å². The van der Waals surface area contributed by atoms with Gasteiger partial charge >= 0.3 is 5.97 Å². The number of hydrogen-bond acceptors (Lipinski definition) is 3. The highest BCUT2D eigenvalue weighted by atomic mass is 16.5. The molecule has 3 nitrogen and oxygen atoms in total. The summed E-state index contributed by atoms with van der Waals surface area (Å²) in [7, 11) is 0. The summed E-state index contributed by atoms with van der Waals surface area (Å²) < 4.78 is 4.63. The molecular weight excluding hydrogens is 120 g/mol. The molecule has 2 atom stereocenters. The molecule has 1 fully saturated rings. The summed E-state index contributed by atoms with van der Waals surface area (Å²) in [6.45, 7) is 2.08. The van der Waals surface area contributed by atoms with Gasteiger partial charge in [-0.25, -0.2) is 0 Å². The van der Waals surface area contributed by atoms with Crippen LogP contribution in [0.3, 0.4) is 0 Å². The predicted octanol–water partition coefficient (Wildman–Crippen LogP) is -0.0697. The Morgan fingerprint density at radius 1 is 1.89 bits per heavy atom. The second kappa shape index (κ2) is 2.35. The van der Waals surface area contributed by atoms with Crippen LogP contribution in [-0.4, -0.2) is 23.8 Å². The van der Waals surface area contributed by atoms with E-state index in [1.165, 1.54) is 0 Å². The molecule has 52 valence electrons. The molecule has 0 bridgehead atoms. The smallest absolute Gasteiger partial charge is 0.311 e. The van der Waals surface area contributed by atoms with E-state index in [9.17, 15) is 4.79 Å². The minimum Gasteiger partial charge on any atom is -0.465 e. The minimum absolute atomic E-state index is 0.259. The van der Waals surface area contributed by atoms with Gasteiger partial charge in [-0.2, -0.15) is 0 Å². The van der Waals surface area contributed by atoms with E-state index in [1.807, 2.05) is 0 Å². The van der Waals surface area contributed by atoms with Crippen molar-refractivity contribution in [3.63, 3.8) is 0 Å². The Balaban J connectivity index is 2.49. The van der Waals surface area contributed by atoms with Crippen LogP contribution < -0.4 is 0 Å². The van der Waals surface area contributed by atoms with Crippen LogP contribution in [0.5, 0.6) is 0 Å². The Labute approximate surface area is 53.6 Å². The quantitative estimate of drug-likeness (QED) is 0.505. The largest absolute Gasteiger partial charge is 0.465 e. The fourth-order valence-electron chi connectivity index (χ4n) is 0.950. The molecule has 1 N–H and O–H groups in total. The summed E-state index contributed by atoms with van der Waals surface area (Å²) in [4.78, 5) is 10.6. The maximum atomic E-state index is 10.6. The Hall–Kier alpha value is -0.570. The lowest BCUT2D eigenvalue weighted by molar-refractivity contribution is -0.143. The van der Waals surface area contributed by atoms with Gasteiger partial charge in [-0.05, 0) is 13.3 Å². The van der Waals surface area contributed by atoms with Gasteiger partial charge in [0.15, 0.2) is 0 Å². The van der Waals surface area contributed by atoms with Gasteiger partial charge in [0.05, 0.1) is 18.6 Å². The molecule has 0 aromatic rings. The Kier molecular flexibility index (Phi) is 1.71. The molecular formula is C6H10O3. The molecule has 1 aliphatic rings. The topological polar surface area (TPSA) is 46.5 Å². The number of aliphatic hydroxyl groups is 1. The monoisotopic (exact) mass is 130 g/mol. The SMILES string of the molecule is CC(O)C1CCOC1=O. The summed E-state index contributed by atoms with van der Waals surface area (Å²) >= 11 is 0. The first kappa shape index (κ1) is 6.55. The number of aliphatic hydroxyl groups excluding tert-OH is 1.